The first-order chi connectivity index (χ1) is 10.6. The largest absolute Gasteiger partial charge is 0.429 e. The second-order valence-corrected chi connectivity index (χ2v) is 8.62. The van der Waals surface area contributed by atoms with Gasteiger partial charge < -0.3 is 4.65 Å². The summed E-state index contributed by atoms with van der Waals surface area (Å²) in [5.41, 5.74) is 1.96. The average Bonchev–Trinajstić information content (AvgIpc) is 2.55. The van der Waals surface area contributed by atoms with Crippen LogP contribution in [0.5, 0.6) is 0 Å². The highest BCUT2D eigenvalue weighted by Gasteiger charge is 2.58. The van der Waals surface area contributed by atoms with Crippen LogP contribution in [0.2, 0.25) is 12.1 Å². The van der Waals surface area contributed by atoms with E-state index in [0.717, 1.165) is 23.6 Å². The predicted molar refractivity (Wildman–Crippen MR) is 93.0 cm³/mol. The van der Waals surface area contributed by atoms with Gasteiger partial charge in [0, 0.05) is 0 Å². The van der Waals surface area contributed by atoms with E-state index in [-0.39, 0.29) is 0 Å². The van der Waals surface area contributed by atoms with E-state index in [2.05, 4.69) is 51.1 Å². The first kappa shape index (κ1) is 14.8. The van der Waals surface area contributed by atoms with Crippen molar-refractivity contribution in [3.8, 4) is 0 Å². The van der Waals surface area contributed by atoms with E-state index in [1.807, 2.05) is 0 Å². The highest BCUT2D eigenvalue weighted by Crippen LogP contribution is 2.65. The van der Waals surface area contributed by atoms with E-state index >= 15 is 0 Å². The van der Waals surface area contributed by atoms with Gasteiger partial charge in [0.15, 0.2) is 0 Å². The summed E-state index contributed by atoms with van der Waals surface area (Å²) in [6, 6.07) is 10.9. The summed E-state index contributed by atoms with van der Waals surface area (Å²) in [5, 5.41) is 0. The molecule has 1 aromatic carbocycles. The lowest BCUT2D eigenvalue weighted by Crippen LogP contribution is -2.56. The van der Waals surface area contributed by atoms with Crippen LogP contribution in [0.4, 0.5) is 0 Å². The molecule has 1 saturated heterocycles. The van der Waals surface area contributed by atoms with Crippen LogP contribution in [-0.2, 0) is 4.65 Å². The Hall–Kier alpha value is -0.755. The van der Waals surface area contributed by atoms with Crippen LogP contribution in [0.15, 0.2) is 30.3 Å². The third kappa shape index (κ3) is 2.26. The zero-order valence-corrected chi connectivity index (χ0v) is 14.3. The molecule has 118 valence electrons. The Morgan fingerprint density at radius 1 is 1.14 bits per heavy atom. The van der Waals surface area contributed by atoms with Crippen LogP contribution in [0.3, 0.4) is 0 Å². The molecule has 1 aromatic rings. The van der Waals surface area contributed by atoms with E-state index in [0.29, 0.717) is 18.4 Å². The van der Waals surface area contributed by atoms with Crippen molar-refractivity contribution in [2.45, 2.75) is 64.7 Å². The standard InChI is InChI=1S/C20H29BO/c1-14-17-12-16(20(17,2)3)13-18(14)21-11-7-10-19(22-21)15-8-5-4-6-9-15/h4-6,8-9,14,16-19H,7,10-13H2,1-3H3/t14-,16+,17-,18-,19+/m1/s1. The second kappa shape index (κ2) is 5.41. The van der Waals surface area contributed by atoms with E-state index in [9.17, 15) is 0 Å². The molecule has 5 atom stereocenters. The maximum atomic E-state index is 6.62. The SMILES string of the molecule is C[C@@H]1[C@H]2C[C@@H](C[C@H]1B1CCC[C@@H](c3ccccc3)O1)C2(C)C. The molecule has 0 amide bonds. The Morgan fingerprint density at radius 3 is 2.59 bits per heavy atom. The molecule has 0 spiro atoms. The summed E-state index contributed by atoms with van der Waals surface area (Å²) >= 11 is 0. The van der Waals surface area contributed by atoms with E-state index in [4.69, 9.17) is 4.65 Å². The molecule has 4 fully saturated rings. The summed E-state index contributed by atoms with van der Waals surface area (Å²) in [7, 11) is 0. The Kier molecular flexibility index (Phi) is 3.64. The topological polar surface area (TPSA) is 9.23 Å². The molecule has 3 saturated carbocycles. The first-order valence-electron chi connectivity index (χ1n) is 9.27. The molecule has 0 unspecified atom stereocenters. The van der Waals surface area contributed by atoms with Gasteiger partial charge in [-0.2, -0.15) is 0 Å². The van der Waals surface area contributed by atoms with Gasteiger partial charge in [0.1, 0.15) is 0 Å². The molecule has 1 aliphatic heterocycles. The normalized spacial score (nSPS) is 40.1. The number of hydrogen-bond donors (Lipinski definition) is 0. The van der Waals surface area contributed by atoms with E-state index in [1.165, 1.54) is 37.6 Å². The van der Waals surface area contributed by atoms with Gasteiger partial charge in [-0.25, -0.2) is 0 Å². The molecular formula is C20H29BO. The van der Waals surface area contributed by atoms with Crippen molar-refractivity contribution < 1.29 is 4.65 Å². The quantitative estimate of drug-likeness (QED) is 0.645. The molecular weight excluding hydrogens is 267 g/mol. The average molecular weight is 296 g/mol. The molecule has 0 N–H and O–H groups in total. The van der Waals surface area contributed by atoms with Crippen molar-refractivity contribution in [3.05, 3.63) is 35.9 Å². The van der Waals surface area contributed by atoms with E-state index in [1.54, 1.807) is 0 Å². The molecule has 1 heterocycles. The van der Waals surface area contributed by atoms with Crippen molar-refractivity contribution in [3.63, 3.8) is 0 Å². The number of benzene rings is 1. The van der Waals surface area contributed by atoms with Crippen LogP contribution in [0.25, 0.3) is 0 Å². The Balaban J connectivity index is 1.47. The van der Waals surface area contributed by atoms with Gasteiger partial charge in [-0.15, -0.1) is 0 Å². The molecule has 1 nitrogen and oxygen atoms in total. The number of fused-ring (bicyclic) bond motifs is 2. The third-order valence-corrected chi connectivity index (χ3v) is 7.36. The molecule has 5 rings (SSSR count). The fraction of sp³-hybridized carbons (Fsp3) is 0.700. The molecule has 0 aromatic heterocycles. The Bertz CT molecular complexity index is 526. The van der Waals surface area contributed by atoms with Crippen LogP contribution < -0.4 is 0 Å². The summed E-state index contributed by atoms with van der Waals surface area (Å²) < 4.78 is 6.62. The van der Waals surface area contributed by atoms with Crippen molar-refractivity contribution in [1.82, 2.24) is 0 Å². The minimum atomic E-state index is 0.332. The molecule has 2 heteroatoms. The minimum Gasteiger partial charge on any atom is -0.429 e. The van der Waals surface area contributed by atoms with E-state index < -0.39 is 0 Å². The molecule has 0 radical (unpaired) electrons. The van der Waals surface area contributed by atoms with Crippen LogP contribution in [-0.4, -0.2) is 6.92 Å². The van der Waals surface area contributed by atoms with Gasteiger partial charge in [-0.05, 0) is 53.7 Å². The van der Waals surface area contributed by atoms with Crippen molar-refractivity contribution in [2.75, 3.05) is 0 Å². The fourth-order valence-electron chi connectivity index (χ4n) is 5.76. The van der Waals surface area contributed by atoms with Crippen LogP contribution >= 0.6 is 0 Å². The van der Waals surface area contributed by atoms with Gasteiger partial charge in [0.25, 0.3) is 6.92 Å². The summed E-state index contributed by atoms with van der Waals surface area (Å²) in [6.07, 6.45) is 7.00. The van der Waals surface area contributed by atoms with Gasteiger partial charge in [0.2, 0.25) is 0 Å². The Morgan fingerprint density at radius 2 is 1.91 bits per heavy atom. The molecule has 2 bridgehead atoms. The highest BCUT2D eigenvalue weighted by molar-refractivity contribution is 6.54. The maximum Gasteiger partial charge on any atom is 0.297 e. The highest BCUT2D eigenvalue weighted by atomic mass is 16.4. The lowest BCUT2D eigenvalue weighted by atomic mass is 9.34. The molecule has 4 aliphatic rings. The van der Waals surface area contributed by atoms with Gasteiger partial charge in [0.05, 0.1) is 6.10 Å². The van der Waals surface area contributed by atoms with Crippen molar-refractivity contribution >= 4 is 6.92 Å². The zero-order valence-electron chi connectivity index (χ0n) is 14.3. The number of hydrogen-bond acceptors (Lipinski definition) is 1. The summed E-state index contributed by atoms with van der Waals surface area (Å²) in [6.45, 7) is 7.98. The zero-order chi connectivity index (χ0) is 15.3. The smallest absolute Gasteiger partial charge is 0.297 e. The second-order valence-electron chi connectivity index (χ2n) is 8.62. The number of rotatable bonds is 2. The minimum absolute atomic E-state index is 0.332. The molecule has 3 aliphatic carbocycles. The van der Waals surface area contributed by atoms with Crippen molar-refractivity contribution in [1.29, 1.82) is 0 Å². The predicted octanol–water partition coefficient (Wildman–Crippen LogP) is 5.60. The maximum absolute atomic E-state index is 6.62. The molecule has 22 heavy (non-hydrogen) atoms. The first-order valence-corrected chi connectivity index (χ1v) is 9.27. The van der Waals surface area contributed by atoms with Crippen molar-refractivity contribution in [2.24, 2.45) is 23.2 Å². The van der Waals surface area contributed by atoms with Crippen LogP contribution in [0.1, 0.15) is 58.1 Å². The Labute approximate surface area is 135 Å². The van der Waals surface area contributed by atoms with Gasteiger partial charge in [-0.1, -0.05) is 63.9 Å². The third-order valence-electron chi connectivity index (χ3n) is 7.36. The summed E-state index contributed by atoms with van der Waals surface area (Å²) in [4.78, 5) is 0. The lowest BCUT2D eigenvalue weighted by molar-refractivity contribution is -0.102. The lowest BCUT2D eigenvalue weighted by Gasteiger charge is -2.63. The van der Waals surface area contributed by atoms with Gasteiger partial charge >= 0.3 is 0 Å². The fourth-order valence-corrected chi connectivity index (χ4v) is 5.76. The monoisotopic (exact) mass is 296 g/mol. The van der Waals surface area contributed by atoms with Crippen LogP contribution in [0, 0.1) is 23.2 Å². The van der Waals surface area contributed by atoms with Gasteiger partial charge in [-0.3, -0.25) is 0 Å². The summed E-state index contributed by atoms with van der Waals surface area (Å²) in [5.74, 6) is 3.50.